The summed E-state index contributed by atoms with van der Waals surface area (Å²) < 4.78 is 0. The van der Waals surface area contributed by atoms with Crippen molar-refractivity contribution in [3.63, 3.8) is 0 Å². The fraction of sp³-hybridized carbons (Fsp3) is 0. The van der Waals surface area contributed by atoms with Gasteiger partial charge >= 0.3 is 0 Å². The highest BCUT2D eigenvalue weighted by Gasteiger charge is 2.15. The van der Waals surface area contributed by atoms with E-state index in [0.29, 0.717) is 10.8 Å². The summed E-state index contributed by atoms with van der Waals surface area (Å²) in [5.41, 5.74) is 5.85. The molecule has 0 aliphatic rings. The van der Waals surface area contributed by atoms with E-state index in [1.165, 1.54) is 11.8 Å². The molecule has 0 saturated heterocycles. The van der Waals surface area contributed by atoms with E-state index in [2.05, 4.69) is 20.3 Å². The van der Waals surface area contributed by atoms with Gasteiger partial charge < -0.3 is 11.1 Å². The van der Waals surface area contributed by atoms with Gasteiger partial charge in [0, 0.05) is 11.1 Å². The Morgan fingerprint density at radius 1 is 1.04 bits per heavy atom. The zero-order chi connectivity index (χ0) is 16.1. The standard InChI is InChI=1S/C16H13N5OS/c17-15-14(16(22)20-12-8-4-5-9-18-12)21-13(10-19-15)23-11-6-2-1-3-7-11/h1-10H,(H2,17,19)(H,18,20,22). The number of nitrogens with zero attached hydrogens (tertiary/aromatic N) is 3. The SMILES string of the molecule is Nc1ncc(Sc2ccccc2)nc1C(=O)Nc1ccccn1. The summed E-state index contributed by atoms with van der Waals surface area (Å²) in [7, 11) is 0. The van der Waals surface area contributed by atoms with Crippen LogP contribution < -0.4 is 11.1 Å². The summed E-state index contributed by atoms with van der Waals surface area (Å²) in [6, 6.07) is 14.9. The number of nitrogen functional groups attached to an aromatic ring is 1. The maximum absolute atomic E-state index is 12.3. The summed E-state index contributed by atoms with van der Waals surface area (Å²) in [5.74, 6) is 0.0693. The van der Waals surface area contributed by atoms with Crippen molar-refractivity contribution in [2.45, 2.75) is 9.92 Å². The number of anilines is 2. The van der Waals surface area contributed by atoms with Gasteiger partial charge in [0.05, 0.1) is 6.20 Å². The fourth-order valence-electron chi connectivity index (χ4n) is 1.82. The predicted octanol–water partition coefficient (Wildman–Crippen LogP) is 2.86. The van der Waals surface area contributed by atoms with Crippen LogP contribution in [0.5, 0.6) is 0 Å². The van der Waals surface area contributed by atoms with Crippen LogP contribution in [0.2, 0.25) is 0 Å². The van der Waals surface area contributed by atoms with Crippen molar-refractivity contribution in [3.8, 4) is 0 Å². The number of carbonyl (C=O) groups is 1. The third-order valence-corrected chi connectivity index (χ3v) is 3.78. The Hall–Kier alpha value is -2.93. The van der Waals surface area contributed by atoms with Gasteiger partial charge in [0.2, 0.25) is 0 Å². The number of rotatable bonds is 4. The minimum Gasteiger partial charge on any atom is -0.382 e. The summed E-state index contributed by atoms with van der Waals surface area (Å²) in [6.07, 6.45) is 3.14. The van der Waals surface area contributed by atoms with Crippen molar-refractivity contribution in [2.75, 3.05) is 11.1 Å². The van der Waals surface area contributed by atoms with Gasteiger partial charge in [-0.1, -0.05) is 36.0 Å². The molecule has 3 aromatic rings. The van der Waals surface area contributed by atoms with E-state index in [9.17, 15) is 4.79 Å². The molecule has 0 aliphatic heterocycles. The molecule has 0 fully saturated rings. The molecule has 0 spiro atoms. The van der Waals surface area contributed by atoms with Crippen LogP contribution >= 0.6 is 11.8 Å². The van der Waals surface area contributed by atoms with E-state index >= 15 is 0 Å². The Balaban J connectivity index is 1.81. The lowest BCUT2D eigenvalue weighted by Crippen LogP contribution is -2.17. The highest BCUT2D eigenvalue weighted by molar-refractivity contribution is 7.99. The molecule has 1 amide bonds. The van der Waals surface area contributed by atoms with Gasteiger partial charge in [-0.15, -0.1) is 0 Å². The van der Waals surface area contributed by atoms with E-state index < -0.39 is 5.91 Å². The first kappa shape index (κ1) is 15.0. The van der Waals surface area contributed by atoms with Gasteiger partial charge in [0.1, 0.15) is 10.8 Å². The highest BCUT2D eigenvalue weighted by atomic mass is 32.2. The third-order valence-electron chi connectivity index (χ3n) is 2.87. The molecule has 6 nitrogen and oxygen atoms in total. The largest absolute Gasteiger partial charge is 0.382 e. The predicted molar refractivity (Wildman–Crippen MR) is 89.2 cm³/mol. The third kappa shape index (κ3) is 3.83. The fourth-order valence-corrected chi connectivity index (χ4v) is 2.60. The Labute approximate surface area is 137 Å². The second-order valence-corrected chi connectivity index (χ2v) is 5.62. The number of nitrogens with two attached hydrogens (primary N) is 1. The smallest absolute Gasteiger partial charge is 0.279 e. The molecule has 0 atom stereocenters. The van der Waals surface area contributed by atoms with Crippen molar-refractivity contribution < 1.29 is 4.79 Å². The second-order valence-electron chi connectivity index (χ2n) is 4.53. The first-order chi connectivity index (χ1) is 11.2. The molecule has 1 aromatic carbocycles. The van der Waals surface area contributed by atoms with Crippen LogP contribution in [0, 0.1) is 0 Å². The molecule has 0 radical (unpaired) electrons. The first-order valence-electron chi connectivity index (χ1n) is 6.80. The van der Waals surface area contributed by atoms with Crippen LogP contribution in [-0.4, -0.2) is 20.9 Å². The normalized spacial score (nSPS) is 10.3. The lowest BCUT2D eigenvalue weighted by Gasteiger charge is -2.07. The van der Waals surface area contributed by atoms with Crippen molar-refractivity contribution in [3.05, 3.63) is 66.6 Å². The van der Waals surface area contributed by atoms with Crippen LogP contribution in [0.25, 0.3) is 0 Å². The van der Waals surface area contributed by atoms with Crippen LogP contribution in [-0.2, 0) is 0 Å². The van der Waals surface area contributed by atoms with Gasteiger partial charge in [-0.2, -0.15) is 0 Å². The Kier molecular flexibility index (Phi) is 4.49. The summed E-state index contributed by atoms with van der Waals surface area (Å²) in [5, 5.41) is 3.24. The van der Waals surface area contributed by atoms with E-state index in [0.717, 1.165) is 4.90 Å². The number of hydrogen-bond acceptors (Lipinski definition) is 6. The van der Waals surface area contributed by atoms with Gasteiger partial charge in [-0.3, -0.25) is 4.79 Å². The summed E-state index contributed by atoms with van der Waals surface area (Å²) in [4.78, 5) is 25.7. The maximum Gasteiger partial charge on any atom is 0.279 e. The zero-order valence-electron chi connectivity index (χ0n) is 12.0. The molecule has 0 bridgehead atoms. The number of aromatic nitrogens is 3. The molecule has 0 unspecified atom stereocenters. The average molecular weight is 323 g/mol. The van der Waals surface area contributed by atoms with Crippen LogP contribution in [0.15, 0.2) is 70.8 Å². The molecule has 0 aliphatic carbocycles. The van der Waals surface area contributed by atoms with Gasteiger partial charge in [0.15, 0.2) is 11.5 Å². The molecule has 114 valence electrons. The maximum atomic E-state index is 12.3. The molecule has 3 rings (SSSR count). The minimum absolute atomic E-state index is 0.0795. The molecule has 7 heteroatoms. The minimum atomic E-state index is -0.441. The average Bonchev–Trinajstić information content (AvgIpc) is 2.58. The molecule has 2 heterocycles. The quantitative estimate of drug-likeness (QED) is 0.767. The topological polar surface area (TPSA) is 93.8 Å². The van der Waals surface area contributed by atoms with E-state index in [4.69, 9.17) is 5.73 Å². The van der Waals surface area contributed by atoms with Crippen molar-refractivity contribution in [2.24, 2.45) is 0 Å². The van der Waals surface area contributed by atoms with Gasteiger partial charge in [0.25, 0.3) is 5.91 Å². The molecule has 2 aromatic heterocycles. The lowest BCUT2D eigenvalue weighted by molar-refractivity contribution is 0.102. The molecule has 23 heavy (non-hydrogen) atoms. The monoisotopic (exact) mass is 323 g/mol. The van der Waals surface area contributed by atoms with E-state index in [-0.39, 0.29) is 11.5 Å². The first-order valence-corrected chi connectivity index (χ1v) is 7.62. The molecule has 3 N–H and O–H groups in total. The second kappa shape index (κ2) is 6.89. The van der Waals surface area contributed by atoms with Crippen molar-refractivity contribution in [1.29, 1.82) is 0 Å². The lowest BCUT2D eigenvalue weighted by atomic mass is 10.3. The Morgan fingerprint density at radius 2 is 1.83 bits per heavy atom. The summed E-state index contributed by atoms with van der Waals surface area (Å²) >= 11 is 1.41. The van der Waals surface area contributed by atoms with Gasteiger partial charge in [-0.05, 0) is 24.3 Å². The zero-order valence-corrected chi connectivity index (χ0v) is 12.8. The number of benzene rings is 1. The number of pyridine rings is 1. The van der Waals surface area contributed by atoms with Crippen LogP contribution in [0.3, 0.4) is 0 Å². The number of carbonyl (C=O) groups excluding carboxylic acids is 1. The highest BCUT2D eigenvalue weighted by Crippen LogP contribution is 2.26. The van der Waals surface area contributed by atoms with Crippen molar-refractivity contribution in [1.82, 2.24) is 15.0 Å². The number of nitrogens with one attached hydrogen (secondary N) is 1. The summed E-state index contributed by atoms with van der Waals surface area (Å²) in [6.45, 7) is 0. The number of amides is 1. The number of hydrogen-bond donors (Lipinski definition) is 2. The molecule has 0 saturated carbocycles. The van der Waals surface area contributed by atoms with Gasteiger partial charge in [-0.25, -0.2) is 15.0 Å². The van der Waals surface area contributed by atoms with Crippen molar-refractivity contribution >= 4 is 29.3 Å². The van der Waals surface area contributed by atoms with Crippen LogP contribution in [0.1, 0.15) is 10.5 Å². The molecular formula is C16H13N5OS. The van der Waals surface area contributed by atoms with Crippen LogP contribution in [0.4, 0.5) is 11.6 Å². The van der Waals surface area contributed by atoms with E-state index in [1.54, 1.807) is 30.6 Å². The molecular weight excluding hydrogens is 310 g/mol. The van der Waals surface area contributed by atoms with E-state index in [1.807, 2.05) is 30.3 Å². The Morgan fingerprint density at radius 3 is 2.57 bits per heavy atom. The Bertz CT molecular complexity index is 811.